The molecule has 10 nitrogen and oxygen atoms in total. The molecule has 0 aliphatic carbocycles. The van der Waals surface area contributed by atoms with Gasteiger partial charge in [-0.05, 0) is 67.9 Å². The van der Waals surface area contributed by atoms with E-state index in [0.29, 0.717) is 58.4 Å². The van der Waals surface area contributed by atoms with Gasteiger partial charge in [0.05, 0.1) is 49.0 Å². The SMILES string of the molecule is COc1cc(C(=O)N(C)CC(CCN2CCCN(c3nc4ccccc4n3CCOC(F)(F)F)CC2)c2ccc(Cl)c(Cl)c2)cc(OC)c1OC. The highest BCUT2D eigenvalue weighted by Crippen LogP contribution is 2.39. The number of ether oxygens (including phenoxy) is 4. The summed E-state index contributed by atoms with van der Waals surface area (Å²) in [7, 11) is 6.27. The Balaban J connectivity index is 1.30. The number of alkyl halides is 3. The number of fused-ring (bicyclic) bond motifs is 1. The molecular formula is C36H42Cl2F3N5O5. The molecule has 1 unspecified atom stereocenters. The van der Waals surface area contributed by atoms with Gasteiger partial charge < -0.3 is 33.5 Å². The minimum Gasteiger partial charge on any atom is -0.493 e. The van der Waals surface area contributed by atoms with Gasteiger partial charge in [0, 0.05) is 51.3 Å². The molecule has 0 bridgehead atoms. The maximum absolute atomic E-state index is 13.7. The summed E-state index contributed by atoms with van der Waals surface area (Å²) in [6.07, 6.45) is -3.15. The maximum Gasteiger partial charge on any atom is 0.522 e. The molecule has 15 heteroatoms. The molecule has 1 aliphatic heterocycles. The summed E-state index contributed by atoms with van der Waals surface area (Å²) in [6.45, 7) is 3.52. The Morgan fingerprint density at radius 1 is 0.922 bits per heavy atom. The van der Waals surface area contributed by atoms with Crippen LogP contribution in [0, 0.1) is 0 Å². The molecule has 3 aromatic carbocycles. The van der Waals surface area contributed by atoms with E-state index in [9.17, 15) is 18.0 Å². The fourth-order valence-electron chi connectivity index (χ4n) is 6.48. The summed E-state index contributed by atoms with van der Waals surface area (Å²) >= 11 is 12.7. The molecule has 1 atom stereocenters. The average Bonchev–Trinajstić information content (AvgIpc) is 3.31. The average molecular weight is 753 g/mol. The van der Waals surface area contributed by atoms with Crippen molar-refractivity contribution in [1.82, 2.24) is 19.4 Å². The number of carbonyl (C=O) groups is 1. The van der Waals surface area contributed by atoms with Crippen molar-refractivity contribution in [3.63, 3.8) is 0 Å². The molecule has 0 radical (unpaired) electrons. The van der Waals surface area contributed by atoms with Gasteiger partial charge in [-0.15, -0.1) is 13.2 Å². The van der Waals surface area contributed by atoms with Gasteiger partial charge in [-0.2, -0.15) is 0 Å². The van der Waals surface area contributed by atoms with E-state index < -0.39 is 13.0 Å². The molecule has 276 valence electrons. The van der Waals surface area contributed by atoms with E-state index in [1.54, 1.807) is 34.7 Å². The van der Waals surface area contributed by atoms with Crippen molar-refractivity contribution < 1.29 is 36.9 Å². The van der Waals surface area contributed by atoms with E-state index in [2.05, 4.69) is 14.5 Å². The first-order chi connectivity index (χ1) is 24.4. The lowest BCUT2D eigenvalue weighted by Crippen LogP contribution is -2.35. The fourth-order valence-corrected chi connectivity index (χ4v) is 6.78. The van der Waals surface area contributed by atoms with Crippen LogP contribution in [0.1, 0.15) is 34.7 Å². The molecule has 0 spiro atoms. The molecule has 0 saturated carbocycles. The number of hydrogen-bond donors (Lipinski definition) is 0. The number of hydrogen-bond acceptors (Lipinski definition) is 8. The number of amides is 1. The van der Waals surface area contributed by atoms with Gasteiger partial charge in [0.15, 0.2) is 11.5 Å². The number of para-hydroxylation sites is 2. The molecule has 1 aromatic heterocycles. The second kappa shape index (κ2) is 17.1. The molecule has 4 aromatic rings. The highest BCUT2D eigenvalue weighted by Gasteiger charge is 2.30. The van der Waals surface area contributed by atoms with Crippen LogP contribution >= 0.6 is 23.2 Å². The molecule has 1 fully saturated rings. The third kappa shape index (κ3) is 9.50. The van der Waals surface area contributed by atoms with Crippen molar-refractivity contribution in [2.24, 2.45) is 0 Å². The van der Waals surface area contributed by atoms with E-state index in [1.165, 1.54) is 21.3 Å². The number of nitrogens with zero attached hydrogens (tertiary/aromatic N) is 5. The molecule has 0 N–H and O–H groups in total. The number of rotatable bonds is 14. The Labute approximate surface area is 305 Å². The first-order valence-electron chi connectivity index (χ1n) is 16.6. The lowest BCUT2D eigenvalue weighted by atomic mass is 9.94. The summed E-state index contributed by atoms with van der Waals surface area (Å²) in [4.78, 5) is 24.7. The smallest absolute Gasteiger partial charge is 0.493 e. The standard InChI is InChI=1S/C36H42Cl2F3N5O5/c1-43(34(47)26-21-31(48-2)33(50-4)32(22-26)49-3)23-25(24-10-11-27(37)28(38)20-24)12-15-44-13-7-14-45(17-16-44)35-42-29-8-5-6-9-30(29)46(35)18-19-51-36(39,40)41/h5-6,8-11,20-22,25H,7,12-19,23H2,1-4H3. The second-order valence-electron chi connectivity index (χ2n) is 12.3. The number of likely N-dealkylation sites (N-methyl/N-ethyl adjacent to an activating group) is 1. The van der Waals surface area contributed by atoms with Crippen molar-refractivity contribution in [1.29, 1.82) is 0 Å². The minimum absolute atomic E-state index is 0.0171. The molecule has 1 amide bonds. The summed E-state index contributed by atoms with van der Waals surface area (Å²) in [6, 6.07) is 16.2. The molecule has 5 rings (SSSR count). The molecule has 1 saturated heterocycles. The zero-order valence-corrected chi connectivity index (χ0v) is 30.5. The number of anilines is 1. The summed E-state index contributed by atoms with van der Waals surface area (Å²) in [5.41, 5.74) is 2.83. The quantitative estimate of drug-likeness (QED) is 0.132. The zero-order chi connectivity index (χ0) is 36.7. The Morgan fingerprint density at radius 2 is 1.65 bits per heavy atom. The fraction of sp³-hybridized carbons (Fsp3) is 0.444. The van der Waals surface area contributed by atoms with Gasteiger partial charge in [0.2, 0.25) is 11.7 Å². The Morgan fingerprint density at radius 3 is 2.31 bits per heavy atom. The number of halogens is 5. The van der Waals surface area contributed by atoms with Crippen molar-refractivity contribution >= 4 is 46.1 Å². The highest BCUT2D eigenvalue weighted by molar-refractivity contribution is 6.42. The van der Waals surface area contributed by atoms with E-state index >= 15 is 0 Å². The molecule has 51 heavy (non-hydrogen) atoms. The van der Waals surface area contributed by atoms with Crippen LogP contribution in [0.2, 0.25) is 10.0 Å². The van der Waals surface area contributed by atoms with Crippen molar-refractivity contribution in [3.8, 4) is 17.2 Å². The zero-order valence-electron chi connectivity index (χ0n) is 29.0. The monoisotopic (exact) mass is 751 g/mol. The maximum atomic E-state index is 13.7. The molecular weight excluding hydrogens is 710 g/mol. The Kier molecular flexibility index (Phi) is 12.8. The van der Waals surface area contributed by atoms with E-state index in [-0.39, 0.29) is 18.4 Å². The van der Waals surface area contributed by atoms with E-state index in [1.807, 2.05) is 36.4 Å². The minimum atomic E-state index is -4.70. The van der Waals surface area contributed by atoms with Crippen LogP contribution in [0.3, 0.4) is 0 Å². The third-order valence-corrected chi connectivity index (χ3v) is 9.79. The number of benzene rings is 3. The normalized spacial score (nSPS) is 14.7. The van der Waals surface area contributed by atoms with Gasteiger partial charge in [-0.3, -0.25) is 9.53 Å². The predicted molar refractivity (Wildman–Crippen MR) is 192 cm³/mol. The number of aromatic nitrogens is 2. The largest absolute Gasteiger partial charge is 0.522 e. The van der Waals surface area contributed by atoms with Crippen molar-refractivity contribution in [3.05, 3.63) is 75.8 Å². The van der Waals surface area contributed by atoms with Gasteiger partial charge in [0.1, 0.15) is 0 Å². The summed E-state index contributed by atoms with van der Waals surface area (Å²) < 4.78 is 60.6. The highest BCUT2D eigenvalue weighted by atomic mass is 35.5. The molecule has 1 aliphatic rings. The first kappa shape index (κ1) is 38.3. The topological polar surface area (TPSA) is 81.5 Å². The van der Waals surface area contributed by atoms with Crippen molar-refractivity contribution in [2.45, 2.75) is 31.7 Å². The van der Waals surface area contributed by atoms with Gasteiger partial charge in [-0.1, -0.05) is 41.4 Å². The predicted octanol–water partition coefficient (Wildman–Crippen LogP) is 7.36. The molecule has 2 heterocycles. The van der Waals surface area contributed by atoms with Crippen LogP contribution < -0.4 is 19.1 Å². The second-order valence-corrected chi connectivity index (χ2v) is 13.1. The van der Waals surface area contributed by atoms with Crippen LogP contribution in [0.15, 0.2) is 54.6 Å². The number of methoxy groups -OCH3 is 3. The third-order valence-electron chi connectivity index (χ3n) is 9.05. The van der Waals surface area contributed by atoms with Crippen LogP contribution in [-0.2, 0) is 11.3 Å². The van der Waals surface area contributed by atoms with Gasteiger partial charge in [-0.25, -0.2) is 4.98 Å². The van der Waals surface area contributed by atoms with E-state index in [4.69, 9.17) is 42.4 Å². The summed E-state index contributed by atoms with van der Waals surface area (Å²) in [5, 5.41) is 0.885. The number of carbonyl (C=O) groups excluding carboxylic acids is 1. The number of imidazole rings is 1. The summed E-state index contributed by atoms with van der Waals surface area (Å²) in [5.74, 6) is 1.51. The van der Waals surface area contributed by atoms with E-state index in [0.717, 1.165) is 49.1 Å². The van der Waals surface area contributed by atoms with Crippen LogP contribution in [0.4, 0.5) is 19.1 Å². The van der Waals surface area contributed by atoms with Crippen LogP contribution in [0.25, 0.3) is 11.0 Å². The van der Waals surface area contributed by atoms with Gasteiger partial charge in [0.25, 0.3) is 5.91 Å². The van der Waals surface area contributed by atoms with Crippen LogP contribution in [-0.4, -0.2) is 106 Å². The van der Waals surface area contributed by atoms with Crippen molar-refractivity contribution in [2.75, 3.05) is 79.2 Å². The Bertz CT molecular complexity index is 1780. The lowest BCUT2D eigenvalue weighted by Gasteiger charge is -2.28. The lowest BCUT2D eigenvalue weighted by molar-refractivity contribution is -0.325. The van der Waals surface area contributed by atoms with Crippen LogP contribution in [0.5, 0.6) is 17.2 Å². The Hall–Kier alpha value is -3.91. The first-order valence-corrected chi connectivity index (χ1v) is 17.3. The van der Waals surface area contributed by atoms with Gasteiger partial charge >= 0.3 is 6.36 Å².